The van der Waals surface area contributed by atoms with E-state index in [9.17, 15) is 9.90 Å². The summed E-state index contributed by atoms with van der Waals surface area (Å²) in [6.07, 6.45) is 0.338. The lowest BCUT2D eigenvalue weighted by atomic mass is 9.87. The molecule has 2 fully saturated rings. The Morgan fingerprint density at radius 1 is 1.00 bits per heavy atom. The number of rotatable bonds is 7. The summed E-state index contributed by atoms with van der Waals surface area (Å²) in [6, 6.07) is 26.5. The van der Waals surface area contributed by atoms with E-state index in [1.165, 1.54) is 5.56 Å². The highest BCUT2D eigenvalue weighted by Gasteiger charge is 2.56. The van der Waals surface area contributed by atoms with Crippen LogP contribution in [0.3, 0.4) is 0 Å². The lowest BCUT2D eigenvalue weighted by Crippen LogP contribution is -2.35. The van der Waals surface area contributed by atoms with Crippen LogP contribution in [-0.2, 0) is 11.3 Å². The lowest BCUT2D eigenvalue weighted by Gasteiger charge is -2.22. The van der Waals surface area contributed by atoms with Gasteiger partial charge in [0.2, 0.25) is 5.91 Å². The highest BCUT2D eigenvalue weighted by molar-refractivity contribution is 5.78. The molecular formula is C28H30N2O2. The molecule has 1 aliphatic heterocycles. The molecule has 4 heteroatoms. The van der Waals surface area contributed by atoms with E-state index < -0.39 is 0 Å². The molecule has 3 unspecified atom stereocenters. The first kappa shape index (κ1) is 20.8. The predicted molar refractivity (Wildman–Crippen MR) is 126 cm³/mol. The molecule has 2 N–H and O–H groups in total. The summed E-state index contributed by atoms with van der Waals surface area (Å²) in [5.41, 5.74) is 4.29. The van der Waals surface area contributed by atoms with Gasteiger partial charge in [-0.2, -0.15) is 0 Å². The summed E-state index contributed by atoms with van der Waals surface area (Å²) in [6.45, 7) is 5.09. The number of benzene rings is 3. The number of carbonyl (C=O) groups excluding carboxylic acids is 1. The van der Waals surface area contributed by atoms with Gasteiger partial charge in [-0.25, -0.2) is 0 Å². The molecule has 3 aromatic rings. The van der Waals surface area contributed by atoms with Gasteiger partial charge < -0.3 is 10.4 Å². The zero-order valence-electron chi connectivity index (χ0n) is 18.4. The second-order valence-electron chi connectivity index (χ2n) is 9.33. The number of nitrogens with one attached hydrogen (secondary N) is 1. The van der Waals surface area contributed by atoms with E-state index in [0.717, 1.165) is 36.3 Å². The van der Waals surface area contributed by atoms with Crippen molar-refractivity contribution in [1.82, 2.24) is 10.2 Å². The van der Waals surface area contributed by atoms with Crippen LogP contribution in [0.5, 0.6) is 5.75 Å². The Kier molecular flexibility index (Phi) is 5.71. The molecule has 1 heterocycles. The number of amides is 1. The van der Waals surface area contributed by atoms with Gasteiger partial charge in [0, 0.05) is 43.6 Å². The van der Waals surface area contributed by atoms with Gasteiger partial charge in [0.15, 0.2) is 0 Å². The van der Waals surface area contributed by atoms with Crippen LogP contribution in [0.2, 0.25) is 0 Å². The molecule has 5 rings (SSSR count). The van der Waals surface area contributed by atoms with Gasteiger partial charge in [-0.1, -0.05) is 78.4 Å². The van der Waals surface area contributed by atoms with Crippen LogP contribution >= 0.6 is 0 Å². The molecule has 164 valence electrons. The van der Waals surface area contributed by atoms with E-state index >= 15 is 0 Å². The number of hydrogen-bond donors (Lipinski definition) is 2. The first-order valence-corrected chi connectivity index (χ1v) is 11.5. The van der Waals surface area contributed by atoms with Gasteiger partial charge in [0.1, 0.15) is 5.75 Å². The third-order valence-corrected chi connectivity index (χ3v) is 7.00. The maximum atomic E-state index is 13.0. The smallest absolute Gasteiger partial charge is 0.221 e. The van der Waals surface area contributed by atoms with Crippen molar-refractivity contribution in [2.24, 2.45) is 11.8 Å². The fourth-order valence-corrected chi connectivity index (χ4v) is 5.27. The number of aromatic hydroxyl groups is 1. The Morgan fingerprint density at radius 3 is 2.34 bits per heavy atom. The molecule has 1 amide bonds. The van der Waals surface area contributed by atoms with Crippen LogP contribution in [0.4, 0.5) is 0 Å². The molecule has 1 saturated carbocycles. The van der Waals surface area contributed by atoms with E-state index in [0.29, 0.717) is 18.3 Å². The van der Waals surface area contributed by atoms with Crippen molar-refractivity contribution in [3.05, 3.63) is 101 Å². The number of aryl methyl sites for hydroxylation is 1. The lowest BCUT2D eigenvalue weighted by molar-refractivity contribution is -0.121. The maximum Gasteiger partial charge on any atom is 0.221 e. The standard InChI is InChI=1S/C28H30N2O2/c1-19-12-13-26(31)23(14-19)22(21-10-6-3-7-11-21)15-27(32)29-28-24-17-30(18-25(24)28)16-20-8-4-2-5-9-20/h2-14,22,24-25,28,31H,15-18H2,1H3,(H,29,32). The molecule has 2 aliphatic rings. The number of nitrogens with zero attached hydrogens (tertiary/aromatic N) is 1. The number of hydrogen-bond acceptors (Lipinski definition) is 3. The Hall–Kier alpha value is -3.11. The average molecular weight is 427 g/mol. The number of fused-ring (bicyclic) bond motifs is 1. The van der Waals surface area contributed by atoms with Crippen molar-refractivity contribution in [2.75, 3.05) is 13.1 Å². The fourth-order valence-electron chi connectivity index (χ4n) is 5.27. The van der Waals surface area contributed by atoms with Crippen LogP contribution in [-0.4, -0.2) is 35.0 Å². The topological polar surface area (TPSA) is 52.6 Å². The Labute approximate surface area is 189 Å². The number of piperidine rings is 1. The molecule has 32 heavy (non-hydrogen) atoms. The SMILES string of the molecule is Cc1ccc(O)c(C(CC(=O)NC2C3CN(Cc4ccccc4)CC32)c2ccccc2)c1. The molecule has 0 radical (unpaired) electrons. The minimum atomic E-state index is -0.163. The van der Waals surface area contributed by atoms with Crippen LogP contribution in [0.25, 0.3) is 0 Å². The quantitative estimate of drug-likeness (QED) is 0.586. The normalized spacial score (nSPS) is 22.8. The van der Waals surface area contributed by atoms with Crippen molar-refractivity contribution in [2.45, 2.75) is 31.8 Å². The van der Waals surface area contributed by atoms with Crippen molar-refractivity contribution in [3.63, 3.8) is 0 Å². The average Bonchev–Trinajstić information content (AvgIpc) is 3.24. The zero-order valence-corrected chi connectivity index (χ0v) is 18.4. The Morgan fingerprint density at radius 2 is 1.66 bits per heavy atom. The molecule has 3 aromatic carbocycles. The van der Waals surface area contributed by atoms with E-state index in [1.54, 1.807) is 6.07 Å². The fraction of sp³-hybridized carbons (Fsp3) is 0.321. The molecule has 0 bridgehead atoms. The number of phenolic OH excluding ortho intramolecular Hbond substituents is 1. The summed E-state index contributed by atoms with van der Waals surface area (Å²) in [4.78, 5) is 15.5. The predicted octanol–water partition coefficient (Wildman–Crippen LogP) is 4.47. The highest BCUT2D eigenvalue weighted by Crippen LogP contribution is 2.46. The van der Waals surface area contributed by atoms with Crippen LogP contribution in [0.15, 0.2) is 78.9 Å². The van der Waals surface area contributed by atoms with Crippen molar-refractivity contribution >= 4 is 5.91 Å². The zero-order chi connectivity index (χ0) is 22.1. The summed E-state index contributed by atoms with van der Waals surface area (Å²) >= 11 is 0. The Bertz CT molecular complexity index is 1070. The number of likely N-dealkylation sites (tertiary alicyclic amines) is 1. The van der Waals surface area contributed by atoms with Gasteiger partial charge in [0.25, 0.3) is 0 Å². The first-order chi connectivity index (χ1) is 15.6. The van der Waals surface area contributed by atoms with Crippen LogP contribution < -0.4 is 5.32 Å². The number of carbonyl (C=O) groups is 1. The van der Waals surface area contributed by atoms with Gasteiger partial charge in [0.05, 0.1) is 0 Å². The minimum Gasteiger partial charge on any atom is -0.508 e. The highest BCUT2D eigenvalue weighted by atomic mass is 16.3. The monoisotopic (exact) mass is 426 g/mol. The summed E-state index contributed by atoms with van der Waals surface area (Å²) in [5.74, 6) is 1.27. The van der Waals surface area contributed by atoms with Crippen molar-refractivity contribution in [1.29, 1.82) is 0 Å². The molecule has 1 saturated heterocycles. The van der Waals surface area contributed by atoms with Crippen molar-refractivity contribution < 1.29 is 9.90 Å². The third-order valence-electron chi connectivity index (χ3n) is 7.00. The summed E-state index contributed by atoms with van der Waals surface area (Å²) in [5, 5.41) is 13.8. The van der Waals surface area contributed by atoms with Crippen LogP contribution in [0, 0.1) is 18.8 Å². The van der Waals surface area contributed by atoms with E-state index in [2.05, 4.69) is 40.5 Å². The molecule has 1 aliphatic carbocycles. The first-order valence-electron chi connectivity index (χ1n) is 11.5. The van der Waals surface area contributed by atoms with Gasteiger partial charge >= 0.3 is 0 Å². The maximum absolute atomic E-state index is 13.0. The second-order valence-corrected chi connectivity index (χ2v) is 9.33. The summed E-state index contributed by atoms with van der Waals surface area (Å²) < 4.78 is 0. The van der Waals surface area contributed by atoms with Gasteiger partial charge in [-0.3, -0.25) is 9.69 Å². The molecule has 4 nitrogen and oxygen atoms in total. The van der Waals surface area contributed by atoms with Crippen LogP contribution in [0.1, 0.15) is 34.6 Å². The van der Waals surface area contributed by atoms with Crippen molar-refractivity contribution in [3.8, 4) is 5.75 Å². The van der Waals surface area contributed by atoms with E-state index in [1.807, 2.05) is 49.4 Å². The molecule has 0 spiro atoms. The largest absolute Gasteiger partial charge is 0.508 e. The van der Waals surface area contributed by atoms with Gasteiger partial charge in [-0.05, 0) is 36.0 Å². The third kappa shape index (κ3) is 4.42. The molecular weight excluding hydrogens is 396 g/mol. The van der Waals surface area contributed by atoms with E-state index in [4.69, 9.17) is 0 Å². The summed E-state index contributed by atoms with van der Waals surface area (Å²) in [7, 11) is 0. The van der Waals surface area contributed by atoms with Gasteiger partial charge in [-0.15, -0.1) is 0 Å². The number of phenols is 1. The molecule has 0 aromatic heterocycles. The minimum absolute atomic E-state index is 0.0637. The Balaban J connectivity index is 1.22. The van der Waals surface area contributed by atoms with E-state index in [-0.39, 0.29) is 23.6 Å². The molecule has 3 atom stereocenters. The second kappa shape index (κ2) is 8.79.